The maximum absolute atomic E-state index is 12.3. The fourth-order valence-corrected chi connectivity index (χ4v) is 2.74. The van der Waals surface area contributed by atoms with Crippen LogP contribution in [0.5, 0.6) is 11.6 Å². The Morgan fingerprint density at radius 1 is 1.18 bits per heavy atom. The molecule has 10 nitrogen and oxygen atoms in total. The number of nitrogens with zero attached hydrogens (tertiary/aromatic N) is 5. The minimum absolute atomic E-state index is 0.128. The van der Waals surface area contributed by atoms with Crippen molar-refractivity contribution in [3.05, 3.63) is 64.2 Å². The summed E-state index contributed by atoms with van der Waals surface area (Å²) in [6.07, 6.45) is 3.13. The van der Waals surface area contributed by atoms with Gasteiger partial charge in [-0.3, -0.25) is 9.55 Å². The molecule has 0 aromatic carbocycles. The number of rotatable bonds is 5. The van der Waals surface area contributed by atoms with Gasteiger partial charge in [0.25, 0.3) is 0 Å². The number of ether oxygens (including phenoxy) is 1. The standard InChI is InChI=1S/C18H17N7O3/c1-10-22-16(19)15-17(23-10)25(18(27)24-15)8-11-2-5-14(21-6-11)28-13-4-3-12(9-26)20-7-13/h2-7,26H,8-9H2,1H3,(H,24,27)(H2,19,22,23). The second-order valence-electron chi connectivity index (χ2n) is 6.12. The van der Waals surface area contributed by atoms with Crippen LogP contribution >= 0.6 is 0 Å². The first kappa shape index (κ1) is 17.6. The van der Waals surface area contributed by atoms with Crippen molar-refractivity contribution in [2.45, 2.75) is 20.1 Å². The van der Waals surface area contributed by atoms with Crippen molar-refractivity contribution in [1.29, 1.82) is 0 Å². The summed E-state index contributed by atoms with van der Waals surface area (Å²) in [7, 11) is 0. The smallest absolute Gasteiger partial charge is 0.328 e. The second kappa shape index (κ2) is 7.08. The van der Waals surface area contributed by atoms with E-state index < -0.39 is 0 Å². The van der Waals surface area contributed by atoms with Gasteiger partial charge in [-0.15, -0.1) is 0 Å². The Balaban J connectivity index is 1.56. The molecule has 4 heterocycles. The predicted molar refractivity (Wildman–Crippen MR) is 101 cm³/mol. The van der Waals surface area contributed by atoms with E-state index in [0.29, 0.717) is 34.3 Å². The SMILES string of the molecule is Cc1nc(N)c2[nH]c(=O)n(Cc3ccc(Oc4ccc(CO)nc4)nc3)c2n1. The van der Waals surface area contributed by atoms with E-state index in [1.165, 1.54) is 10.8 Å². The number of hydrogen-bond donors (Lipinski definition) is 3. The molecule has 142 valence electrons. The fraction of sp³-hybridized carbons (Fsp3) is 0.167. The van der Waals surface area contributed by atoms with Crippen LogP contribution in [0.25, 0.3) is 11.2 Å². The molecule has 0 amide bonds. The van der Waals surface area contributed by atoms with Crippen molar-refractivity contribution in [1.82, 2.24) is 29.5 Å². The van der Waals surface area contributed by atoms with Crippen molar-refractivity contribution < 1.29 is 9.84 Å². The van der Waals surface area contributed by atoms with E-state index in [2.05, 4.69) is 24.9 Å². The van der Waals surface area contributed by atoms with Crippen LogP contribution in [0.4, 0.5) is 5.82 Å². The topological polar surface area (TPSA) is 145 Å². The third-order valence-electron chi connectivity index (χ3n) is 4.08. The molecule has 0 atom stereocenters. The number of H-pyrrole nitrogens is 1. The van der Waals surface area contributed by atoms with Gasteiger partial charge in [-0.1, -0.05) is 6.07 Å². The molecule has 0 radical (unpaired) electrons. The lowest BCUT2D eigenvalue weighted by atomic mass is 10.3. The monoisotopic (exact) mass is 379 g/mol. The Hall–Kier alpha value is -3.79. The minimum Gasteiger partial charge on any atom is -0.437 e. The van der Waals surface area contributed by atoms with Crippen molar-refractivity contribution in [2.75, 3.05) is 5.73 Å². The highest BCUT2D eigenvalue weighted by Crippen LogP contribution is 2.19. The van der Waals surface area contributed by atoms with Gasteiger partial charge in [0.2, 0.25) is 5.88 Å². The lowest BCUT2D eigenvalue weighted by Gasteiger charge is -2.07. The van der Waals surface area contributed by atoms with Crippen LogP contribution in [0.15, 0.2) is 41.5 Å². The molecule has 4 aromatic heterocycles. The highest BCUT2D eigenvalue weighted by molar-refractivity contribution is 5.81. The van der Waals surface area contributed by atoms with Crippen LogP contribution in [0.3, 0.4) is 0 Å². The van der Waals surface area contributed by atoms with Crippen molar-refractivity contribution in [3.8, 4) is 11.6 Å². The van der Waals surface area contributed by atoms with Crippen LogP contribution < -0.4 is 16.2 Å². The molecule has 0 spiro atoms. The van der Waals surface area contributed by atoms with Crippen LogP contribution in [0.1, 0.15) is 17.1 Å². The first-order chi connectivity index (χ1) is 13.5. The Morgan fingerprint density at radius 2 is 2.04 bits per heavy atom. The van der Waals surface area contributed by atoms with Crippen molar-refractivity contribution >= 4 is 17.0 Å². The van der Waals surface area contributed by atoms with Gasteiger partial charge in [0.1, 0.15) is 17.1 Å². The predicted octanol–water partition coefficient (Wildman–Crippen LogP) is 1.13. The summed E-state index contributed by atoms with van der Waals surface area (Å²) in [5, 5.41) is 9.01. The molecule has 4 rings (SSSR count). The number of aromatic nitrogens is 6. The number of nitrogens with one attached hydrogen (secondary N) is 1. The molecule has 10 heteroatoms. The van der Waals surface area contributed by atoms with Gasteiger partial charge in [0.15, 0.2) is 11.5 Å². The third-order valence-corrected chi connectivity index (χ3v) is 4.08. The molecule has 0 saturated heterocycles. The van der Waals surface area contributed by atoms with Gasteiger partial charge < -0.3 is 20.6 Å². The summed E-state index contributed by atoms with van der Waals surface area (Å²) in [6.45, 7) is 1.86. The van der Waals surface area contributed by atoms with Crippen LogP contribution in [0, 0.1) is 6.92 Å². The number of nitrogens with two attached hydrogens (primary N) is 1. The highest BCUT2D eigenvalue weighted by Gasteiger charge is 2.13. The number of anilines is 1. The minimum atomic E-state index is -0.322. The zero-order chi connectivity index (χ0) is 19.7. The van der Waals surface area contributed by atoms with Crippen LogP contribution in [-0.2, 0) is 13.2 Å². The van der Waals surface area contributed by atoms with Gasteiger partial charge in [-0.2, -0.15) is 0 Å². The molecule has 4 N–H and O–H groups in total. The first-order valence-corrected chi connectivity index (χ1v) is 8.44. The largest absolute Gasteiger partial charge is 0.437 e. The normalized spacial score (nSPS) is 11.1. The molecule has 0 aliphatic rings. The van der Waals surface area contributed by atoms with E-state index in [-0.39, 0.29) is 24.7 Å². The van der Waals surface area contributed by atoms with Gasteiger partial charge in [-0.05, 0) is 24.6 Å². The highest BCUT2D eigenvalue weighted by atomic mass is 16.5. The number of hydrogen-bond acceptors (Lipinski definition) is 8. The van der Waals surface area contributed by atoms with E-state index in [4.69, 9.17) is 15.6 Å². The van der Waals surface area contributed by atoms with Crippen LogP contribution in [0.2, 0.25) is 0 Å². The molecular formula is C18H17N7O3. The van der Waals surface area contributed by atoms with E-state index in [1.807, 2.05) is 0 Å². The zero-order valence-electron chi connectivity index (χ0n) is 15.0. The average molecular weight is 379 g/mol. The molecule has 28 heavy (non-hydrogen) atoms. The van der Waals surface area contributed by atoms with Gasteiger partial charge in [0, 0.05) is 12.3 Å². The maximum atomic E-state index is 12.3. The Labute approximate surface area is 158 Å². The van der Waals surface area contributed by atoms with Gasteiger partial charge >= 0.3 is 5.69 Å². The lowest BCUT2D eigenvalue weighted by Crippen LogP contribution is -2.18. The second-order valence-corrected chi connectivity index (χ2v) is 6.12. The van der Waals surface area contributed by atoms with E-state index in [0.717, 1.165) is 5.56 Å². The summed E-state index contributed by atoms with van der Waals surface area (Å²) in [4.78, 5) is 31.6. The number of pyridine rings is 2. The molecule has 0 aliphatic heterocycles. The summed E-state index contributed by atoms with van der Waals surface area (Å²) in [6, 6.07) is 6.87. The number of aliphatic hydroxyl groups excluding tert-OH is 1. The number of nitrogen functional groups attached to an aromatic ring is 1. The number of aromatic amines is 1. The quantitative estimate of drug-likeness (QED) is 0.468. The lowest BCUT2D eigenvalue weighted by molar-refractivity contribution is 0.276. The summed E-state index contributed by atoms with van der Waals surface area (Å²) < 4.78 is 7.11. The molecule has 0 unspecified atom stereocenters. The van der Waals surface area contributed by atoms with Gasteiger partial charge in [0.05, 0.1) is 25.0 Å². The summed E-state index contributed by atoms with van der Waals surface area (Å²) in [5.74, 6) is 1.62. The number of imidazole rings is 1. The first-order valence-electron chi connectivity index (χ1n) is 8.44. The molecule has 4 aromatic rings. The zero-order valence-corrected chi connectivity index (χ0v) is 15.0. The number of aliphatic hydroxyl groups is 1. The summed E-state index contributed by atoms with van der Waals surface area (Å²) >= 11 is 0. The summed E-state index contributed by atoms with van der Waals surface area (Å²) in [5.41, 5.74) is 7.75. The van der Waals surface area contributed by atoms with E-state index in [9.17, 15) is 4.79 Å². The van der Waals surface area contributed by atoms with Crippen LogP contribution in [-0.4, -0.2) is 34.6 Å². The van der Waals surface area contributed by atoms with E-state index in [1.54, 1.807) is 37.4 Å². The Morgan fingerprint density at radius 3 is 2.71 bits per heavy atom. The molecule has 0 fully saturated rings. The molecule has 0 saturated carbocycles. The molecule has 0 bridgehead atoms. The Kier molecular flexibility index (Phi) is 4.45. The third kappa shape index (κ3) is 3.40. The molecular weight excluding hydrogens is 362 g/mol. The maximum Gasteiger partial charge on any atom is 0.328 e. The molecule has 0 aliphatic carbocycles. The van der Waals surface area contributed by atoms with Crippen molar-refractivity contribution in [3.63, 3.8) is 0 Å². The number of fused-ring (bicyclic) bond motifs is 1. The Bertz CT molecular complexity index is 1180. The van der Waals surface area contributed by atoms with Gasteiger partial charge in [-0.25, -0.2) is 19.7 Å². The average Bonchev–Trinajstić information content (AvgIpc) is 3.00. The van der Waals surface area contributed by atoms with E-state index >= 15 is 0 Å². The van der Waals surface area contributed by atoms with Crippen molar-refractivity contribution in [2.24, 2.45) is 0 Å². The fourth-order valence-electron chi connectivity index (χ4n) is 2.74. The number of aryl methyl sites for hydroxylation is 1.